The summed E-state index contributed by atoms with van der Waals surface area (Å²) in [6, 6.07) is 7.56. The molecule has 0 radical (unpaired) electrons. The average molecular weight is 260 g/mol. The standard InChI is InChI=1S/C15H20N2O2/c1-15(8-5-9-17(2)11-15)19-14-12(10-16)6-4-7-13(14)18-3/h4,6-7H,5,8-9,11H2,1-3H3. The SMILES string of the molecule is COc1cccc(C#N)c1OC1(C)CCCN(C)C1. The van der Waals surface area contributed by atoms with Crippen LogP contribution in [-0.2, 0) is 0 Å². The van der Waals surface area contributed by atoms with E-state index in [1.54, 1.807) is 19.2 Å². The number of benzene rings is 1. The first-order valence-corrected chi connectivity index (χ1v) is 6.53. The van der Waals surface area contributed by atoms with Crippen LogP contribution in [0.25, 0.3) is 0 Å². The van der Waals surface area contributed by atoms with Gasteiger partial charge in [-0.2, -0.15) is 5.26 Å². The minimum absolute atomic E-state index is 0.271. The van der Waals surface area contributed by atoms with E-state index in [9.17, 15) is 5.26 Å². The average Bonchev–Trinajstić information content (AvgIpc) is 2.38. The lowest BCUT2D eigenvalue weighted by molar-refractivity contribution is 0.0134. The molecule has 0 aliphatic carbocycles. The number of hydrogen-bond donors (Lipinski definition) is 0. The zero-order valence-corrected chi connectivity index (χ0v) is 11.8. The van der Waals surface area contributed by atoms with E-state index in [-0.39, 0.29) is 5.60 Å². The Morgan fingerprint density at radius 2 is 2.21 bits per heavy atom. The summed E-state index contributed by atoms with van der Waals surface area (Å²) in [5, 5.41) is 9.21. The Morgan fingerprint density at radius 3 is 2.84 bits per heavy atom. The highest BCUT2D eigenvalue weighted by Crippen LogP contribution is 2.36. The van der Waals surface area contributed by atoms with Gasteiger partial charge in [0.25, 0.3) is 0 Å². The summed E-state index contributed by atoms with van der Waals surface area (Å²) in [4.78, 5) is 2.25. The van der Waals surface area contributed by atoms with Gasteiger partial charge >= 0.3 is 0 Å². The molecule has 0 N–H and O–H groups in total. The number of likely N-dealkylation sites (tertiary alicyclic amines) is 1. The number of likely N-dealkylation sites (N-methyl/N-ethyl adjacent to an activating group) is 1. The lowest BCUT2D eigenvalue weighted by Crippen LogP contribution is -2.48. The third-order valence-electron chi connectivity index (χ3n) is 3.52. The van der Waals surface area contributed by atoms with Gasteiger partial charge in [-0.15, -0.1) is 0 Å². The maximum absolute atomic E-state index is 9.21. The number of hydrogen-bond acceptors (Lipinski definition) is 4. The third-order valence-corrected chi connectivity index (χ3v) is 3.52. The van der Waals surface area contributed by atoms with E-state index in [1.165, 1.54) is 0 Å². The Hall–Kier alpha value is -1.73. The van der Waals surface area contributed by atoms with Crippen molar-refractivity contribution in [1.82, 2.24) is 4.90 Å². The second-order valence-corrected chi connectivity index (χ2v) is 5.34. The van der Waals surface area contributed by atoms with Crippen LogP contribution in [0.5, 0.6) is 11.5 Å². The summed E-state index contributed by atoms with van der Waals surface area (Å²) >= 11 is 0. The van der Waals surface area contributed by atoms with Crippen LogP contribution in [0.3, 0.4) is 0 Å². The molecule has 1 saturated heterocycles. The lowest BCUT2D eigenvalue weighted by atomic mass is 9.95. The molecule has 4 heteroatoms. The quantitative estimate of drug-likeness (QED) is 0.837. The lowest BCUT2D eigenvalue weighted by Gasteiger charge is -2.39. The molecule has 1 aliphatic rings. The molecule has 102 valence electrons. The fraction of sp³-hybridized carbons (Fsp3) is 0.533. The smallest absolute Gasteiger partial charge is 0.179 e. The van der Waals surface area contributed by atoms with E-state index < -0.39 is 0 Å². The van der Waals surface area contributed by atoms with Gasteiger partial charge in [-0.1, -0.05) is 6.07 Å². The van der Waals surface area contributed by atoms with E-state index in [1.807, 2.05) is 6.07 Å². The number of ether oxygens (including phenoxy) is 2. The number of nitriles is 1. The molecular weight excluding hydrogens is 240 g/mol. The molecule has 4 nitrogen and oxygen atoms in total. The van der Waals surface area contributed by atoms with E-state index >= 15 is 0 Å². The van der Waals surface area contributed by atoms with Crippen molar-refractivity contribution in [3.05, 3.63) is 23.8 Å². The molecule has 1 aromatic carbocycles. The second-order valence-electron chi connectivity index (χ2n) is 5.34. The fourth-order valence-electron chi connectivity index (χ4n) is 2.65. The van der Waals surface area contributed by atoms with E-state index in [2.05, 4.69) is 24.9 Å². The molecule has 1 aromatic rings. The zero-order chi connectivity index (χ0) is 13.9. The number of rotatable bonds is 3. The molecule has 1 atom stereocenters. The highest BCUT2D eigenvalue weighted by molar-refractivity contribution is 5.52. The molecule has 1 heterocycles. The van der Waals surface area contributed by atoms with Gasteiger partial charge in [0.05, 0.1) is 12.7 Å². The zero-order valence-electron chi connectivity index (χ0n) is 11.8. The van der Waals surface area contributed by atoms with Crippen molar-refractivity contribution in [2.24, 2.45) is 0 Å². The van der Waals surface area contributed by atoms with E-state index in [0.717, 1.165) is 25.9 Å². The van der Waals surface area contributed by atoms with E-state index in [0.29, 0.717) is 17.1 Å². The van der Waals surface area contributed by atoms with Crippen LogP contribution in [0.2, 0.25) is 0 Å². The van der Waals surface area contributed by atoms with Gasteiger partial charge in [0.2, 0.25) is 0 Å². The monoisotopic (exact) mass is 260 g/mol. The normalized spacial score (nSPS) is 23.7. The molecule has 0 spiro atoms. The van der Waals surface area contributed by atoms with Crippen molar-refractivity contribution in [1.29, 1.82) is 5.26 Å². The number of nitrogens with zero attached hydrogens (tertiary/aromatic N) is 2. The molecule has 1 unspecified atom stereocenters. The van der Waals surface area contributed by atoms with Crippen LogP contribution < -0.4 is 9.47 Å². The van der Waals surface area contributed by atoms with Crippen molar-refractivity contribution in [3.63, 3.8) is 0 Å². The highest BCUT2D eigenvalue weighted by Gasteiger charge is 2.33. The van der Waals surface area contributed by atoms with Gasteiger partial charge in [0.1, 0.15) is 11.7 Å². The summed E-state index contributed by atoms with van der Waals surface area (Å²) in [5.41, 5.74) is 0.251. The first kappa shape index (κ1) is 13.7. The summed E-state index contributed by atoms with van der Waals surface area (Å²) in [7, 11) is 3.69. The number of piperidine rings is 1. The Morgan fingerprint density at radius 1 is 1.42 bits per heavy atom. The topological polar surface area (TPSA) is 45.5 Å². The molecule has 0 amide bonds. The Balaban J connectivity index is 2.30. The van der Waals surface area contributed by atoms with Crippen molar-refractivity contribution in [2.45, 2.75) is 25.4 Å². The van der Waals surface area contributed by atoms with Gasteiger partial charge in [0, 0.05) is 6.54 Å². The van der Waals surface area contributed by atoms with E-state index in [4.69, 9.17) is 9.47 Å². The minimum atomic E-state index is -0.271. The van der Waals surface area contributed by atoms with Crippen LogP contribution in [0.4, 0.5) is 0 Å². The van der Waals surface area contributed by atoms with Gasteiger partial charge in [-0.25, -0.2) is 0 Å². The van der Waals surface area contributed by atoms with Crippen LogP contribution in [0, 0.1) is 11.3 Å². The third kappa shape index (κ3) is 2.99. The fourth-order valence-corrected chi connectivity index (χ4v) is 2.65. The van der Waals surface area contributed by atoms with Crippen molar-refractivity contribution in [2.75, 3.05) is 27.2 Å². The Kier molecular flexibility index (Phi) is 3.96. The minimum Gasteiger partial charge on any atom is -0.493 e. The maximum atomic E-state index is 9.21. The highest BCUT2D eigenvalue weighted by atomic mass is 16.5. The first-order chi connectivity index (χ1) is 9.08. The predicted octanol–water partition coefficient (Wildman–Crippen LogP) is 2.43. The van der Waals surface area contributed by atoms with Crippen molar-refractivity contribution < 1.29 is 9.47 Å². The van der Waals surface area contributed by atoms with Crippen molar-refractivity contribution >= 4 is 0 Å². The van der Waals surface area contributed by atoms with Gasteiger partial charge in [-0.05, 0) is 45.5 Å². The van der Waals surface area contributed by atoms with Crippen molar-refractivity contribution in [3.8, 4) is 17.6 Å². The second kappa shape index (κ2) is 5.50. The van der Waals surface area contributed by atoms with Crippen LogP contribution in [0.1, 0.15) is 25.3 Å². The molecule has 1 fully saturated rings. The molecule has 0 aromatic heterocycles. The largest absolute Gasteiger partial charge is 0.493 e. The maximum Gasteiger partial charge on any atom is 0.179 e. The van der Waals surface area contributed by atoms with Crippen LogP contribution >= 0.6 is 0 Å². The summed E-state index contributed by atoms with van der Waals surface area (Å²) in [5.74, 6) is 1.18. The molecular formula is C15H20N2O2. The molecule has 0 saturated carbocycles. The number of methoxy groups -OCH3 is 1. The van der Waals surface area contributed by atoms with Gasteiger partial charge < -0.3 is 14.4 Å². The Labute approximate surface area is 114 Å². The van der Waals surface area contributed by atoms with Crippen LogP contribution in [-0.4, -0.2) is 37.7 Å². The van der Waals surface area contributed by atoms with Gasteiger partial charge in [-0.3, -0.25) is 0 Å². The summed E-state index contributed by atoms with van der Waals surface area (Å²) in [6.45, 7) is 4.04. The molecule has 2 rings (SSSR count). The number of para-hydroxylation sites is 1. The summed E-state index contributed by atoms with van der Waals surface area (Å²) < 4.78 is 11.5. The Bertz CT molecular complexity index is 495. The molecule has 0 bridgehead atoms. The summed E-state index contributed by atoms with van der Waals surface area (Å²) in [6.07, 6.45) is 2.09. The molecule has 1 aliphatic heterocycles. The van der Waals surface area contributed by atoms with Gasteiger partial charge in [0.15, 0.2) is 11.5 Å². The van der Waals surface area contributed by atoms with Crippen LogP contribution in [0.15, 0.2) is 18.2 Å². The first-order valence-electron chi connectivity index (χ1n) is 6.53. The predicted molar refractivity (Wildman–Crippen MR) is 73.5 cm³/mol. The molecule has 19 heavy (non-hydrogen) atoms.